The molecule has 1 aliphatic rings. The van der Waals surface area contributed by atoms with E-state index >= 15 is 0 Å². The second-order valence-electron chi connectivity index (χ2n) is 11.4. The van der Waals surface area contributed by atoms with Crippen molar-refractivity contribution < 1.29 is 4.57 Å². The van der Waals surface area contributed by atoms with Gasteiger partial charge in [0, 0.05) is 29.3 Å². The van der Waals surface area contributed by atoms with E-state index in [2.05, 4.69) is 102 Å². The summed E-state index contributed by atoms with van der Waals surface area (Å²) in [5.41, 5.74) is 2.77. The van der Waals surface area contributed by atoms with Gasteiger partial charge in [0.25, 0.3) is 5.01 Å². The fraction of sp³-hybridized carbons (Fsp3) is 0.378. The lowest BCUT2D eigenvalue weighted by atomic mass is 10.1. The molecule has 5 aromatic rings. The van der Waals surface area contributed by atoms with E-state index < -0.39 is 0 Å². The smallest absolute Gasteiger partial charge is 0.265 e. The van der Waals surface area contributed by atoms with Crippen LogP contribution in [-0.4, -0.2) is 6.54 Å². The van der Waals surface area contributed by atoms with Crippen LogP contribution < -0.4 is 9.47 Å². The Labute approximate surface area is 254 Å². The Hall–Kier alpha value is -2.82. The van der Waals surface area contributed by atoms with Crippen LogP contribution >= 0.6 is 23.1 Å². The summed E-state index contributed by atoms with van der Waals surface area (Å²) < 4.78 is 4.03. The van der Waals surface area contributed by atoms with Gasteiger partial charge in [0.15, 0.2) is 6.54 Å². The zero-order chi connectivity index (χ0) is 28.0. The standard InChI is InChI=1S/C37H43N2S2/c1-3-5-7-9-15-25-38-32-23-21-28-17-11-13-19-30(28)36(32)40-34(38)27-35-39(26-16-10-8-6-4-2)33-24-22-29-18-12-14-20-31(29)37(33)41-35/h11-14,17-24,27H,3-10,15-16,25-26H2,1-2H3/q+1. The molecule has 2 nitrogen and oxygen atoms in total. The minimum atomic E-state index is 1.08. The largest absolute Gasteiger partial charge is 0.335 e. The molecule has 0 spiro atoms. The lowest BCUT2D eigenvalue weighted by Gasteiger charge is -2.20. The maximum absolute atomic E-state index is 2.62. The van der Waals surface area contributed by atoms with E-state index in [0.717, 1.165) is 13.1 Å². The molecule has 2 heterocycles. The monoisotopic (exact) mass is 579 g/mol. The molecule has 41 heavy (non-hydrogen) atoms. The number of nitrogens with zero attached hydrogens (tertiary/aromatic N) is 2. The van der Waals surface area contributed by atoms with Crippen molar-refractivity contribution in [2.24, 2.45) is 0 Å². The van der Waals surface area contributed by atoms with Crippen molar-refractivity contribution in [2.75, 3.05) is 11.4 Å². The number of hydrogen-bond donors (Lipinski definition) is 0. The topological polar surface area (TPSA) is 7.12 Å². The number of thiazole rings is 1. The zero-order valence-corrected chi connectivity index (χ0v) is 26.3. The molecule has 0 saturated heterocycles. The average Bonchev–Trinajstić information content (AvgIpc) is 3.54. The number of aromatic nitrogens is 1. The molecule has 0 unspecified atom stereocenters. The van der Waals surface area contributed by atoms with Crippen LogP contribution in [0.3, 0.4) is 0 Å². The second kappa shape index (κ2) is 13.4. The summed E-state index contributed by atoms with van der Waals surface area (Å²) in [4.78, 5) is 4.03. The van der Waals surface area contributed by atoms with Crippen molar-refractivity contribution in [3.63, 3.8) is 0 Å². The van der Waals surface area contributed by atoms with Crippen LogP contribution in [0.25, 0.3) is 37.8 Å². The first-order valence-corrected chi connectivity index (χ1v) is 17.4. The highest BCUT2D eigenvalue weighted by molar-refractivity contribution is 8.04. The summed E-state index contributed by atoms with van der Waals surface area (Å²) >= 11 is 3.95. The van der Waals surface area contributed by atoms with Gasteiger partial charge in [-0.05, 0) is 41.1 Å². The Balaban J connectivity index is 1.40. The minimum Gasteiger partial charge on any atom is -0.335 e. The first-order chi connectivity index (χ1) is 20.3. The van der Waals surface area contributed by atoms with E-state index in [9.17, 15) is 0 Å². The third-order valence-electron chi connectivity index (χ3n) is 8.46. The fourth-order valence-electron chi connectivity index (χ4n) is 6.19. The number of unbranched alkanes of at least 4 members (excludes halogenated alkanes) is 8. The van der Waals surface area contributed by atoms with Gasteiger partial charge in [-0.1, -0.05) is 136 Å². The van der Waals surface area contributed by atoms with Crippen molar-refractivity contribution in [3.05, 3.63) is 82.8 Å². The fourth-order valence-corrected chi connectivity index (χ4v) is 8.78. The minimum absolute atomic E-state index is 1.08. The zero-order valence-electron chi connectivity index (χ0n) is 24.7. The molecule has 0 bridgehead atoms. The third kappa shape index (κ3) is 6.05. The van der Waals surface area contributed by atoms with E-state index in [-0.39, 0.29) is 0 Å². The second-order valence-corrected chi connectivity index (χ2v) is 13.5. The molecule has 0 radical (unpaired) electrons. The number of fused-ring (bicyclic) bond motifs is 6. The number of thioether (sulfide) groups is 1. The van der Waals surface area contributed by atoms with Gasteiger partial charge in [0.1, 0.15) is 4.70 Å². The highest BCUT2D eigenvalue weighted by atomic mass is 32.2. The summed E-state index contributed by atoms with van der Waals surface area (Å²) in [7, 11) is 0. The SMILES string of the molecule is CCCCCCCN1/C(=C/c2sc3c4ccccc4ccc3[n+]2CCCCCCC)Sc2c1ccc1ccccc21. The lowest BCUT2D eigenvalue weighted by Crippen LogP contribution is -2.35. The summed E-state index contributed by atoms with van der Waals surface area (Å²) in [5, 5.41) is 8.17. The predicted octanol–water partition coefficient (Wildman–Crippen LogP) is 11.3. The summed E-state index contributed by atoms with van der Waals surface area (Å²) in [6.45, 7) is 6.76. The van der Waals surface area contributed by atoms with Crippen molar-refractivity contribution >= 4 is 66.6 Å². The van der Waals surface area contributed by atoms with Crippen molar-refractivity contribution in [2.45, 2.75) is 89.5 Å². The van der Waals surface area contributed by atoms with Crippen LogP contribution in [-0.2, 0) is 6.54 Å². The van der Waals surface area contributed by atoms with Gasteiger partial charge in [-0.3, -0.25) is 0 Å². The molecule has 0 saturated carbocycles. The van der Waals surface area contributed by atoms with Crippen molar-refractivity contribution in [1.82, 2.24) is 0 Å². The number of rotatable bonds is 13. The van der Waals surface area contributed by atoms with Gasteiger partial charge in [-0.2, -0.15) is 4.57 Å². The maximum atomic E-state index is 2.62. The Bertz CT molecular complexity index is 1660. The molecule has 0 aliphatic carbocycles. The molecule has 0 N–H and O–H groups in total. The molecular weight excluding hydrogens is 537 g/mol. The van der Waals surface area contributed by atoms with Crippen LogP contribution in [0.2, 0.25) is 0 Å². The highest BCUT2D eigenvalue weighted by Crippen LogP contribution is 2.50. The lowest BCUT2D eigenvalue weighted by molar-refractivity contribution is -0.669. The summed E-state index contributed by atoms with van der Waals surface area (Å²) in [6, 6.07) is 27.1. The third-order valence-corrected chi connectivity index (χ3v) is 10.8. The first-order valence-electron chi connectivity index (χ1n) is 15.8. The van der Waals surface area contributed by atoms with E-state index in [1.807, 2.05) is 23.1 Å². The number of hydrogen-bond acceptors (Lipinski definition) is 3. The normalized spacial score (nSPS) is 14.2. The van der Waals surface area contributed by atoms with Crippen LogP contribution in [0.1, 0.15) is 83.1 Å². The molecule has 6 rings (SSSR count). The molecule has 0 amide bonds. The van der Waals surface area contributed by atoms with Gasteiger partial charge in [0.05, 0.1) is 16.8 Å². The van der Waals surface area contributed by atoms with Gasteiger partial charge in [0.2, 0.25) is 5.52 Å². The molecule has 0 atom stereocenters. The maximum Gasteiger partial charge on any atom is 0.265 e. The van der Waals surface area contributed by atoms with Crippen molar-refractivity contribution in [1.29, 1.82) is 0 Å². The molecule has 212 valence electrons. The number of benzene rings is 4. The Kier molecular flexibility index (Phi) is 9.28. The quantitative estimate of drug-likeness (QED) is 0.101. The van der Waals surface area contributed by atoms with Crippen LogP contribution in [0, 0.1) is 0 Å². The summed E-state index contributed by atoms with van der Waals surface area (Å²) in [6.07, 6.45) is 15.5. The molecule has 0 fully saturated rings. The Morgan fingerprint density at radius 1 is 0.683 bits per heavy atom. The van der Waals surface area contributed by atoms with Gasteiger partial charge >= 0.3 is 0 Å². The molecule has 1 aliphatic heterocycles. The van der Waals surface area contributed by atoms with E-state index in [0.29, 0.717) is 0 Å². The van der Waals surface area contributed by atoms with Crippen LogP contribution in [0.15, 0.2) is 82.7 Å². The molecular formula is C37H43N2S2+. The van der Waals surface area contributed by atoms with Crippen molar-refractivity contribution in [3.8, 4) is 0 Å². The van der Waals surface area contributed by atoms with Gasteiger partial charge in [-0.25, -0.2) is 0 Å². The molecule has 4 heteroatoms. The molecule has 1 aromatic heterocycles. The molecule has 4 aromatic carbocycles. The van der Waals surface area contributed by atoms with Crippen LogP contribution in [0.5, 0.6) is 0 Å². The number of aryl methyl sites for hydroxylation is 1. The predicted molar refractivity (Wildman–Crippen MR) is 182 cm³/mol. The highest BCUT2D eigenvalue weighted by Gasteiger charge is 2.29. The van der Waals surface area contributed by atoms with E-state index in [1.165, 1.54) is 117 Å². The summed E-state index contributed by atoms with van der Waals surface area (Å²) in [5.74, 6) is 0. The van der Waals surface area contributed by atoms with E-state index in [4.69, 9.17) is 0 Å². The number of anilines is 1. The van der Waals surface area contributed by atoms with E-state index in [1.54, 1.807) is 0 Å². The Morgan fingerprint density at radius 3 is 2.12 bits per heavy atom. The average molecular weight is 580 g/mol. The van der Waals surface area contributed by atoms with Gasteiger partial charge < -0.3 is 4.90 Å². The Morgan fingerprint density at radius 2 is 1.34 bits per heavy atom. The van der Waals surface area contributed by atoms with Crippen LogP contribution in [0.4, 0.5) is 5.69 Å². The first kappa shape index (κ1) is 28.3. The van der Waals surface area contributed by atoms with Gasteiger partial charge in [-0.15, -0.1) is 0 Å².